The molecule has 132 valence electrons. The van der Waals surface area contributed by atoms with Crippen molar-refractivity contribution in [2.24, 2.45) is 17.6 Å². The molecule has 1 aliphatic rings. The number of nitrogens with zero attached hydrogens (tertiary/aromatic N) is 1. The number of nitrogens with one attached hydrogen (secondary N) is 1. The Morgan fingerprint density at radius 2 is 1.88 bits per heavy atom. The Bertz CT molecular complexity index is 559. The molecule has 1 saturated heterocycles. The maximum atomic E-state index is 12.8. The minimum atomic E-state index is -0.308. The third kappa shape index (κ3) is 4.57. The van der Waals surface area contributed by atoms with Gasteiger partial charge in [0.05, 0.1) is 12.0 Å². The van der Waals surface area contributed by atoms with Gasteiger partial charge in [0.25, 0.3) is 0 Å². The van der Waals surface area contributed by atoms with E-state index < -0.39 is 0 Å². The Morgan fingerprint density at radius 3 is 2.46 bits per heavy atom. The number of carbonyl (C=O) groups excluding carboxylic acids is 2. The molecule has 0 bridgehead atoms. The lowest BCUT2D eigenvalue weighted by Gasteiger charge is -2.35. The standard InChI is InChI=1S/C19H29N3O2/c1-13(2)17(15-8-5-4-6-9-15)21-14(3)19(24)22-11-7-10-16(12-22)18(20)23/h4-6,8-9,13-14,16-17,21H,7,10-12H2,1-3H3,(H2,20,23)/t14-,16-,17-/m0/s1. The van der Waals surface area contributed by atoms with Crippen LogP contribution in [0.4, 0.5) is 0 Å². The number of benzene rings is 1. The molecule has 0 aromatic heterocycles. The number of carbonyl (C=O) groups is 2. The van der Waals surface area contributed by atoms with Crippen molar-refractivity contribution in [3.8, 4) is 0 Å². The second kappa shape index (κ2) is 8.29. The minimum absolute atomic E-state index is 0.0440. The molecule has 0 spiro atoms. The largest absolute Gasteiger partial charge is 0.369 e. The zero-order chi connectivity index (χ0) is 17.7. The first kappa shape index (κ1) is 18.5. The smallest absolute Gasteiger partial charge is 0.239 e. The van der Waals surface area contributed by atoms with Crippen LogP contribution in [0.3, 0.4) is 0 Å². The molecule has 2 amide bonds. The van der Waals surface area contributed by atoms with E-state index in [1.807, 2.05) is 25.1 Å². The fourth-order valence-corrected chi connectivity index (χ4v) is 3.36. The summed E-state index contributed by atoms with van der Waals surface area (Å²) in [4.78, 5) is 26.0. The van der Waals surface area contributed by atoms with E-state index in [-0.39, 0.29) is 29.8 Å². The van der Waals surface area contributed by atoms with E-state index in [0.29, 0.717) is 19.0 Å². The fraction of sp³-hybridized carbons (Fsp3) is 0.579. The molecular weight excluding hydrogens is 302 g/mol. The summed E-state index contributed by atoms with van der Waals surface area (Å²) in [5, 5.41) is 3.47. The van der Waals surface area contributed by atoms with Crippen LogP contribution >= 0.6 is 0 Å². The van der Waals surface area contributed by atoms with E-state index in [4.69, 9.17) is 5.73 Å². The van der Waals surface area contributed by atoms with Gasteiger partial charge in [-0.15, -0.1) is 0 Å². The molecule has 0 unspecified atom stereocenters. The molecule has 1 aliphatic heterocycles. The summed E-state index contributed by atoms with van der Waals surface area (Å²) in [7, 11) is 0. The van der Waals surface area contributed by atoms with Gasteiger partial charge in [-0.05, 0) is 31.2 Å². The molecule has 0 aliphatic carbocycles. The summed E-state index contributed by atoms with van der Waals surface area (Å²) in [5.74, 6) is -0.118. The molecule has 3 N–H and O–H groups in total. The summed E-state index contributed by atoms with van der Waals surface area (Å²) < 4.78 is 0. The second-order valence-corrected chi connectivity index (χ2v) is 7.05. The van der Waals surface area contributed by atoms with Crippen LogP contribution < -0.4 is 11.1 Å². The van der Waals surface area contributed by atoms with Crippen LogP contribution in [0.2, 0.25) is 0 Å². The Labute approximate surface area is 144 Å². The van der Waals surface area contributed by atoms with Crippen molar-refractivity contribution in [3.05, 3.63) is 35.9 Å². The van der Waals surface area contributed by atoms with Crippen LogP contribution in [0.15, 0.2) is 30.3 Å². The zero-order valence-electron chi connectivity index (χ0n) is 14.9. The molecule has 1 heterocycles. The number of primary amides is 1. The zero-order valence-corrected chi connectivity index (χ0v) is 14.9. The van der Waals surface area contributed by atoms with Gasteiger partial charge in [-0.2, -0.15) is 0 Å². The highest BCUT2D eigenvalue weighted by Crippen LogP contribution is 2.23. The highest BCUT2D eigenvalue weighted by atomic mass is 16.2. The van der Waals surface area contributed by atoms with E-state index >= 15 is 0 Å². The Balaban J connectivity index is 2.02. The lowest BCUT2D eigenvalue weighted by Crippen LogP contribution is -2.51. The molecule has 3 atom stereocenters. The summed E-state index contributed by atoms with van der Waals surface area (Å²) in [6.07, 6.45) is 1.61. The summed E-state index contributed by atoms with van der Waals surface area (Å²) in [6, 6.07) is 10.00. The predicted molar refractivity (Wildman–Crippen MR) is 95.1 cm³/mol. The van der Waals surface area contributed by atoms with Gasteiger partial charge in [0.1, 0.15) is 0 Å². The number of hydrogen-bond acceptors (Lipinski definition) is 3. The van der Waals surface area contributed by atoms with Gasteiger partial charge in [-0.25, -0.2) is 0 Å². The van der Waals surface area contributed by atoms with Crippen LogP contribution in [0.1, 0.15) is 45.2 Å². The van der Waals surface area contributed by atoms with E-state index in [1.165, 1.54) is 5.56 Å². The molecule has 1 aromatic carbocycles. The minimum Gasteiger partial charge on any atom is -0.369 e. The van der Waals surface area contributed by atoms with Gasteiger partial charge in [0.2, 0.25) is 11.8 Å². The molecule has 0 radical (unpaired) electrons. The van der Waals surface area contributed by atoms with E-state index in [2.05, 4.69) is 31.3 Å². The summed E-state index contributed by atoms with van der Waals surface area (Å²) >= 11 is 0. The van der Waals surface area contributed by atoms with Crippen molar-refractivity contribution in [1.82, 2.24) is 10.2 Å². The summed E-state index contributed by atoms with van der Waals surface area (Å²) in [6.45, 7) is 7.33. The first-order valence-electron chi connectivity index (χ1n) is 8.79. The van der Waals surface area contributed by atoms with Crippen molar-refractivity contribution < 1.29 is 9.59 Å². The summed E-state index contributed by atoms with van der Waals surface area (Å²) in [5.41, 5.74) is 6.59. The monoisotopic (exact) mass is 331 g/mol. The van der Waals surface area contributed by atoms with Gasteiger partial charge >= 0.3 is 0 Å². The Hall–Kier alpha value is -1.88. The predicted octanol–water partition coefficient (Wildman–Crippen LogP) is 2.09. The number of likely N-dealkylation sites (tertiary alicyclic amines) is 1. The number of piperidine rings is 1. The topological polar surface area (TPSA) is 75.4 Å². The van der Waals surface area contributed by atoms with Gasteiger partial charge in [-0.1, -0.05) is 44.2 Å². The highest BCUT2D eigenvalue weighted by Gasteiger charge is 2.30. The maximum Gasteiger partial charge on any atom is 0.239 e. The van der Waals surface area contributed by atoms with Crippen molar-refractivity contribution in [3.63, 3.8) is 0 Å². The fourth-order valence-electron chi connectivity index (χ4n) is 3.36. The SMILES string of the molecule is CC(C)[C@H](N[C@@H](C)C(=O)N1CCC[C@H](C(N)=O)C1)c1ccccc1. The molecule has 1 fully saturated rings. The van der Waals surface area contributed by atoms with E-state index in [9.17, 15) is 9.59 Å². The Morgan fingerprint density at radius 1 is 1.21 bits per heavy atom. The highest BCUT2D eigenvalue weighted by molar-refractivity contribution is 5.83. The van der Waals surface area contributed by atoms with Crippen LogP contribution in [0.5, 0.6) is 0 Å². The first-order valence-corrected chi connectivity index (χ1v) is 8.79. The quantitative estimate of drug-likeness (QED) is 0.838. The first-order chi connectivity index (χ1) is 11.4. The van der Waals surface area contributed by atoms with E-state index in [1.54, 1.807) is 4.90 Å². The average molecular weight is 331 g/mol. The third-order valence-corrected chi connectivity index (χ3v) is 4.76. The lowest BCUT2D eigenvalue weighted by atomic mass is 9.94. The number of hydrogen-bond donors (Lipinski definition) is 2. The molecular formula is C19H29N3O2. The van der Waals surface area contributed by atoms with Gasteiger partial charge in [0.15, 0.2) is 0 Å². The number of amides is 2. The van der Waals surface area contributed by atoms with Crippen LogP contribution in [0, 0.1) is 11.8 Å². The van der Waals surface area contributed by atoms with Crippen LogP contribution in [-0.4, -0.2) is 35.8 Å². The molecule has 2 rings (SSSR count). The van der Waals surface area contributed by atoms with Gasteiger partial charge in [-0.3, -0.25) is 14.9 Å². The lowest BCUT2D eigenvalue weighted by molar-refractivity contribution is -0.136. The van der Waals surface area contributed by atoms with E-state index in [0.717, 1.165) is 12.8 Å². The van der Waals surface area contributed by atoms with Gasteiger partial charge < -0.3 is 10.6 Å². The second-order valence-electron chi connectivity index (χ2n) is 7.05. The number of nitrogens with two attached hydrogens (primary N) is 1. The van der Waals surface area contributed by atoms with Gasteiger partial charge in [0, 0.05) is 19.1 Å². The maximum absolute atomic E-state index is 12.8. The Kier molecular flexibility index (Phi) is 6.37. The van der Waals surface area contributed by atoms with Crippen molar-refractivity contribution >= 4 is 11.8 Å². The van der Waals surface area contributed by atoms with Crippen molar-refractivity contribution in [2.75, 3.05) is 13.1 Å². The number of rotatable bonds is 6. The van der Waals surface area contributed by atoms with Crippen LogP contribution in [0.25, 0.3) is 0 Å². The normalized spacial score (nSPS) is 20.7. The van der Waals surface area contributed by atoms with Crippen LogP contribution in [-0.2, 0) is 9.59 Å². The molecule has 5 nitrogen and oxygen atoms in total. The van der Waals surface area contributed by atoms with Crippen molar-refractivity contribution in [2.45, 2.75) is 45.7 Å². The molecule has 24 heavy (non-hydrogen) atoms. The average Bonchev–Trinajstić information content (AvgIpc) is 2.59. The van der Waals surface area contributed by atoms with Crippen molar-refractivity contribution in [1.29, 1.82) is 0 Å². The molecule has 0 saturated carbocycles. The third-order valence-electron chi connectivity index (χ3n) is 4.76. The molecule has 1 aromatic rings. The molecule has 5 heteroatoms.